The zero-order chi connectivity index (χ0) is 14.7. The monoisotopic (exact) mass is 300 g/mol. The standard InChI is InChI=1S/C13H14F2N2O2S/c14-9-3-1-2-8(11(9)15)7-4-5-10(17-13(18)19)12(20)16-6-7/h1-3,7,10,17H,4-6H2,(H,16,20)(H,18,19). The van der Waals surface area contributed by atoms with E-state index in [1.807, 2.05) is 0 Å². The van der Waals surface area contributed by atoms with E-state index in [1.54, 1.807) is 6.07 Å². The second kappa shape index (κ2) is 6.13. The van der Waals surface area contributed by atoms with Gasteiger partial charge in [-0.2, -0.15) is 0 Å². The van der Waals surface area contributed by atoms with Gasteiger partial charge < -0.3 is 15.7 Å². The molecule has 2 unspecified atom stereocenters. The lowest BCUT2D eigenvalue weighted by atomic mass is 9.93. The van der Waals surface area contributed by atoms with Crippen molar-refractivity contribution in [3.8, 4) is 0 Å². The molecule has 2 rings (SSSR count). The molecule has 1 aromatic carbocycles. The maximum atomic E-state index is 13.8. The van der Waals surface area contributed by atoms with Crippen molar-refractivity contribution in [1.29, 1.82) is 0 Å². The van der Waals surface area contributed by atoms with Crippen LogP contribution in [0.2, 0.25) is 0 Å². The number of amides is 1. The molecule has 0 aromatic heterocycles. The van der Waals surface area contributed by atoms with E-state index in [0.29, 0.717) is 24.4 Å². The SMILES string of the molecule is O=C(O)NC1CCC(c2cccc(F)c2F)CNC1=S. The molecule has 0 bridgehead atoms. The van der Waals surface area contributed by atoms with Gasteiger partial charge in [-0.3, -0.25) is 0 Å². The predicted molar refractivity (Wildman–Crippen MR) is 73.9 cm³/mol. The molecule has 20 heavy (non-hydrogen) atoms. The first kappa shape index (κ1) is 14.6. The molecule has 0 spiro atoms. The minimum Gasteiger partial charge on any atom is -0.465 e. The predicted octanol–water partition coefficient (Wildman–Crippen LogP) is 2.40. The quantitative estimate of drug-likeness (QED) is 0.734. The summed E-state index contributed by atoms with van der Waals surface area (Å²) in [6.07, 6.45) is -0.202. The van der Waals surface area contributed by atoms with Crippen molar-refractivity contribution >= 4 is 23.3 Å². The summed E-state index contributed by atoms with van der Waals surface area (Å²) in [5, 5.41) is 14.0. The zero-order valence-electron chi connectivity index (χ0n) is 10.5. The highest BCUT2D eigenvalue weighted by Crippen LogP contribution is 2.27. The zero-order valence-corrected chi connectivity index (χ0v) is 11.3. The summed E-state index contributed by atoms with van der Waals surface area (Å²) in [4.78, 5) is 11.0. The fourth-order valence-electron chi connectivity index (χ4n) is 2.34. The normalized spacial score (nSPS) is 22.8. The number of halogens is 2. The smallest absolute Gasteiger partial charge is 0.405 e. The van der Waals surface area contributed by atoms with Gasteiger partial charge in [0, 0.05) is 12.5 Å². The van der Waals surface area contributed by atoms with E-state index in [2.05, 4.69) is 10.6 Å². The van der Waals surface area contributed by atoms with Gasteiger partial charge in [-0.1, -0.05) is 24.4 Å². The van der Waals surface area contributed by atoms with Crippen LogP contribution >= 0.6 is 12.2 Å². The Hall–Kier alpha value is -1.76. The maximum Gasteiger partial charge on any atom is 0.405 e. The van der Waals surface area contributed by atoms with Crippen LogP contribution in [0.5, 0.6) is 0 Å². The van der Waals surface area contributed by atoms with Crippen molar-refractivity contribution in [3.05, 3.63) is 35.4 Å². The summed E-state index contributed by atoms with van der Waals surface area (Å²) < 4.78 is 27.0. The topological polar surface area (TPSA) is 61.4 Å². The van der Waals surface area contributed by atoms with Crippen molar-refractivity contribution in [2.45, 2.75) is 24.8 Å². The van der Waals surface area contributed by atoms with Crippen LogP contribution in [-0.4, -0.2) is 28.8 Å². The van der Waals surface area contributed by atoms with Gasteiger partial charge in [0.2, 0.25) is 0 Å². The summed E-state index contributed by atoms with van der Waals surface area (Å²) in [6, 6.07) is 3.58. The molecule has 3 N–H and O–H groups in total. The van der Waals surface area contributed by atoms with Gasteiger partial charge in [-0.25, -0.2) is 13.6 Å². The molecule has 1 amide bonds. The Morgan fingerprint density at radius 3 is 2.85 bits per heavy atom. The first-order valence-corrected chi connectivity index (χ1v) is 6.61. The third kappa shape index (κ3) is 3.22. The Bertz CT molecular complexity index is 539. The lowest BCUT2D eigenvalue weighted by molar-refractivity contribution is 0.192. The van der Waals surface area contributed by atoms with Gasteiger partial charge in [0.15, 0.2) is 11.6 Å². The second-order valence-electron chi connectivity index (χ2n) is 4.66. The van der Waals surface area contributed by atoms with E-state index in [0.717, 1.165) is 6.07 Å². The number of carboxylic acid groups (broad SMARTS) is 1. The number of carbonyl (C=O) groups is 1. The molecular weight excluding hydrogens is 286 g/mol. The van der Waals surface area contributed by atoms with Crippen LogP contribution in [0.4, 0.5) is 13.6 Å². The first-order chi connectivity index (χ1) is 9.49. The summed E-state index contributed by atoms with van der Waals surface area (Å²) in [7, 11) is 0. The summed E-state index contributed by atoms with van der Waals surface area (Å²) in [5.74, 6) is -1.98. The van der Waals surface area contributed by atoms with Crippen LogP contribution in [0, 0.1) is 11.6 Å². The number of benzene rings is 1. The molecular formula is C13H14F2N2O2S. The van der Waals surface area contributed by atoms with Crippen LogP contribution in [0.3, 0.4) is 0 Å². The molecule has 7 heteroatoms. The minimum absolute atomic E-state index is 0.246. The second-order valence-corrected chi connectivity index (χ2v) is 5.10. The van der Waals surface area contributed by atoms with Crippen molar-refractivity contribution in [2.75, 3.05) is 6.54 Å². The number of rotatable bonds is 2. The highest BCUT2D eigenvalue weighted by Gasteiger charge is 2.26. The van der Waals surface area contributed by atoms with Crippen molar-refractivity contribution in [2.24, 2.45) is 0 Å². The van der Waals surface area contributed by atoms with Gasteiger partial charge in [-0.05, 0) is 24.5 Å². The van der Waals surface area contributed by atoms with Gasteiger partial charge in [0.05, 0.1) is 11.0 Å². The summed E-state index contributed by atoms with van der Waals surface area (Å²) in [5.41, 5.74) is 0.288. The van der Waals surface area contributed by atoms with E-state index in [-0.39, 0.29) is 11.5 Å². The number of nitrogens with one attached hydrogen (secondary N) is 2. The van der Waals surface area contributed by atoms with Gasteiger partial charge in [0.1, 0.15) is 0 Å². The number of thiocarbonyl (C=S) groups is 1. The van der Waals surface area contributed by atoms with Crippen LogP contribution in [0.15, 0.2) is 18.2 Å². The molecule has 2 atom stereocenters. The minimum atomic E-state index is -1.16. The fraction of sp³-hybridized carbons (Fsp3) is 0.385. The van der Waals surface area contributed by atoms with Crippen molar-refractivity contribution < 1.29 is 18.7 Å². The lowest BCUT2D eigenvalue weighted by Crippen LogP contribution is -2.43. The average Bonchev–Trinajstić information content (AvgIpc) is 2.56. The molecule has 0 radical (unpaired) electrons. The Morgan fingerprint density at radius 2 is 2.15 bits per heavy atom. The molecule has 1 aliphatic heterocycles. The number of hydrogen-bond donors (Lipinski definition) is 3. The van der Waals surface area contributed by atoms with Gasteiger partial charge in [0.25, 0.3) is 0 Å². The fourth-order valence-corrected chi connectivity index (χ4v) is 2.60. The molecule has 1 fully saturated rings. The van der Waals surface area contributed by atoms with E-state index in [4.69, 9.17) is 17.3 Å². The first-order valence-electron chi connectivity index (χ1n) is 6.20. The molecule has 0 aliphatic carbocycles. The number of hydrogen-bond acceptors (Lipinski definition) is 2. The van der Waals surface area contributed by atoms with E-state index < -0.39 is 23.8 Å². The third-order valence-electron chi connectivity index (χ3n) is 3.36. The Labute approximate surface area is 120 Å². The van der Waals surface area contributed by atoms with Crippen molar-refractivity contribution in [3.63, 3.8) is 0 Å². The Kier molecular flexibility index (Phi) is 4.49. The third-order valence-corrected chi connectivity index (χ3v) is 3.79. The largest absolute Gasteiger partial charge is 0.465 e. The van der Waals surface area contributed by atoms with Crippen LogP contribution in [-0.2, 0) is 0 Å². The Balaban J connectivity index is 2.14. The molecule has 1 aliphatic rings. The lowest BCUT2D eigenvalue weighted by Gasteiger charge is -2.15. The van der Waals surface area contributed by atoms with Crippen LogP contribution in [0.25, 0.3) is 0 Å². The maximum absolute atomic E-state index is 13.8. The summed E-state index contributed by atoms with van der Waals surface area (Å²) in [6.45, 7) is 0.358. The molecule has 108 valence electrons. The molecule has 1 saturated heterocycles. The molecule has 1 heterocycles. The van der Waals surface area contributed by atoms with E-state index in [1.165, 1.54) is 6.07 Å². The van der Waals surface area contributed by atoms with Gasteiger partial charge >= 0.3 is 6.09 Å². The van der Waals surface area contributed by atoms with Crippen molar-refractivity contribution in [1.82, 2.24) is 10.6 Å². The van der Waals surface area contributed by atoms with Gasteiger partial charge in [-0.15, -0.1) is 0 Å². The van der Waals surface area contributed by atoms with Crippen LogP contribution in [0.1, 0.15) is 24.3 Å². The average molecular weight is 300 g/mol. The van der Waals surface area contributed by atoms with E-state index >= 15 is 0 Å². The van der Waals surface area contributed by atoms with Crippen LogP contribution < -0.4 is 10.6 Å². The molecule has 0 saturated carbocycles. The van der Waals surface area contributed by atoms with E-state index in [9.17, 15) is 13.6 Å². The molecule has 4 nitrogen and oxygen atoms in total. The highest BCUT2D eigenvalue weighted by atomic mass is 32.1. The summed E-state index contributed by atoms with van der Waals surface area (Å²) >= 11 is 5.09. The molecule has 1 aromatic rings. The Morgan fingerprint density at radius 1 is 1.40 bits per heavy atom. The highest BCUT2D eigenvalue weighted by molar-refractivity contribution is 7.80.